The van der Waals surface area contributed by atoms with E-state index in [0.29, 0.717) is 48.9 Å². The average molecular weight is 423 g/mol. The topological polar surface area (TPSA) is 58.4 Å². The first kappa shape index (κ1) is 20.2. The molecule has 7 heteroatoms. The number of halogens is 1. The van der Waals surface area contributed by atoms with Gasteiger partial charge in [0.15, 0.2) is 0 Å². The second kappa shape index (κ2) is 8.71. The van der Waals surface area contributed by atoms with Crippen LogP contribution in [0.15, 0.2) is 60.8 Å². The second-order valence-electron chi connectivity index (χ2n) is 7.20. The summed E-state index contributed by atoms with van der Waals surface area (Å²) in [4.78, 5) is 28.9. The molecule has 2 amide bonds. The lowest BCUT2D eigenvalue weighted by Crippen LogP contribution is -2.50. The third kappa shape index (κ3) is 4.09. The summed E-state index contributed by atoms with van der Waals surface area (Å²) in [6.07, 6.45) is 2.27. The van der Waals surface area contributed by atoms with Gasteiger partial charge in [0.25, 0.3) is 5.91 Å². The minimum atomic E-state index is -0.0780. The van der Waals surface area contributed by atoms with Gasteiger partial charge in [0, 0.05) is 49.4 Å². The summed E-state index contributed by atoms with van der Waals surface area (Å²) in [5.74, 6) is 0.0478. The van der Waals surface area contributed by atoms with E-state index in [-0.39, 0.29) is 11.8 Å². The van der Waals surface area contributed by atoms with Crippen molar-refractivity contribution in [3.8, 4) is 16.9 Å². The van der Waals surface area contributed by atoms with Crippen LogP contribution in [0.25, 0.3) is 16.9 Å². The van der Waals surface area contributed by atoms with E-state index in [2.05, 4.69) is 0 Å². The van der Waals surface area contributed by atoms with Gasteiger partial charge in [0.1, 0.15) is 5.69 Å². The molecule has 1 aromatic heterocycles. The molecule has 0 radical (unpaired) electrons. The summed E-state index contributed by atoms with van der Waals surface area (Å²) >= 11 is 6.04. The van der Waals surface area contributed by atoms with E-state index in [1.165, 1.54) is 0 Å². The highest BCUT2D eigenvalue weighted by Crippen LogP contribution is 2.26. The van der Waals surface area contributed by atoms with Crippen molar-refractivity contribution in [2.45, 2.75) is 13.3 Å². The number of piperazine rings is 1. The third-order valence-electron chi connectivity index (χ3n) is 5.31. The lowest BCUT2D eigenvalue weighted by Gasteiger charge is -2.34. The van der Waals surface area contributed by atoms with E-state index in [1.807, 2.05) is 54.3 Å². The van der Waals surface area contributed by atoms with Crippen molar-refractivity contribution in [3.63, 3.8) is 0 Å². The number of rotatable bonds is 4. The van der Waals surface area contributed by atoms with Gasteiger partial charge in [-0.15, -0.1) is 0 Å². The molecule has 30 heavy (non-hydrogen) atoms. The van der Waals surface area contributed by atoms with Crippen LogP contribution in [0.3, 0.4) is 0 Å². The summed E-state index contributed by atoms with van der Waals surface area (Å²) in [7, 11) is 0. The Hall–Kier alpha value is -3.12. The highest BCUT2D eigenvalue weighted by Gasteiger charge is 2.27. The quantitative estimate of drug-likeness (QED) is 0.641. The Labute approximate surface area is 180 Å². The van der Waals surface area contributed by atoms with Crippen molar-refractivity contribution in [2.75, 3.05) is 26.2 Å². The molecule has 6 nitrogen and oxygen atoms in total. The van der Waals surface area contributed by atoms with Gasteiger partial charge in [0.05, 0.1) is 11.3 Å². The van der Waals surface area contributed by atoms with Crippen LogP contribution in [0.2, 0.25) is 5.02 Å². The van der Waals surface area contributed by atoms with Crippen molar-refractivity contribution in [1.29, 1.82) is 0 Å². The fraction of sp³-hybridized carbons (Fsp3) is 0.261. The van der Waals surface area contributed by atoms with E-state index in [0.717, 1.165) is 11.3 Å². The maximum Gasteiger partial charge on any atom is 0.257 e. The van der Waals surface area contributed by atoms with E-state index >= 15 is 0 Å². The molecular formula is C23H23ClN4O2. The third-order valence-corrected chi connectivity index (χ3v) is 5.56. The van der Waals surface area contributed by atoms with Gasteiger partial charge in [-0.05, 0) is 24.3 Å². The predicted octanol–water partition coefficient (Wildman–Crippen LogP) is 3.89. The Morgan fingerprint density at radius 1 is 0.933 bits per heavy atom. The van der Waals surface area contributed by atoms with Gasteiger partial charge < -0.3 is 9.80 Å². The summed E-state index contributed by atoms with van der Waals surface area (Å²) in [5, 5.41) is 5.34. The van der Waals surface area contributed by atoms with Gasteiger partial charge in [-0.25, -0.2) is 4.68 Å². The minimum absolute atomic E-state index is 0.0780. The summed E-state index contributed by atoms with van der Waals surface area (Å²) in [5.41, 5.74) is 2.87. The Morgan fingerprint density at radius 2 is 1.57 bits per heavy atom. The number of aromatic nitrogens is 2. The normalized spacial score (nSPS) is 14.1. The number of carbonyl (C=O) groups excluding carboxylic acids is 2. The first-order chi connectivity index (χ1) is 14.6. The van der Waals surface area contributed by atoms with Crippen LogP contribution in [0.1, 0.15) is 23.7 Å². The van der Waals surface area contributed by atoms with Crippen LogP contribution >= 0.6 is 11.6 Å². The molecule has 0 N–H and O–H groups in total. The molecule has 1 aliphatic heterocycles. The molecular weight excluding hydrogens is 400 g/mol. The number of nitrogens with zero attached hydrogens (tertiary/aromatic N) is 4. The highest BCUT2D eigenvalue weighted by molar-refractivity contribution is 6.30. The lowest BCUT2D eigenvalue weighted by atomic mass is 10.1. The summed E-state index contributed by atoms with van der Waals surface area (Å²) in [6, 6.07) is 17.0. The Morgan fingerprint density at radius 3 is 2.20 bits per heavy atom. The molecule has 3 aromatic rings. The first-order valence-corrected chi connectivity index (χ1v) is 10.4. The minimum Gasteiger partial charge on any atom is -0.339 e. The molecule has 1 fully saturated rings. The van der Waals surface area contributed by atoms with Crippen LogP contribution in [0.4, 0.5) is 0 Å². The zero-order chi connectivity index (χ0) is 21.1. The van der Waals surface area contributed by atoms with Crippen LogP contribution < -0.4 is 0 Å². The second-order valence-corrected chi connectivity index (χ2v) is 7.64. The molecule has 1 aliphatic rings. The Balaban J connectivity index is 1.66. The van der Waals surface area contributed by atoms with Crippen LogP contribution in [-0.2, 0) is 4.79 Å². The van der Waals surface area contributed by atoms with Crippen LogP contribution in [0.5, 0.6) is 0 Å². The van der Waals surface area contributed by atoms with E-state index in [9.17, 15) is 9.59 Å². The van der Waals surface area contributed by atoms with Crippen molar-refractivity contribution in [1.82, 2.24) is 19.6 Å². The number of carbonyl (C=O) groups is 2. The number of para-hydroxylation sites is 1. The number of hydrogen-bond acceptors (Lipinski definition) is 3. The maximum absolute atomic E-state index is 13.4. The number of amides is 2. The van der Waals surface area contributed by atoms with Crippen LogP contribution in [0, 0.1) is 0 Å². The van der Waals surface area contributed by atoms with Crippen LogP contribution in [-0.4, -0.2) is 57.6 Å². The SMILES string of the molecule is CCC(=O)N1CCN(C(=O)c2cn(-c3ccccc3)nc2-c2ccc(Cl)cc2)CC1. The smallest absolute Gasteiger partial charge is 0.257 e. The molecule has 0 bridgehead atoms. The van der Waals surface area contributed by atoms with Crippen molar-refractivity contribution < 1.29 is 9.59 Å². The van der Waals surface area contributed by atoms with Gasteiger partial charge in [-0.2, -0.15) is 5.10 Å². The highest BCUT2D eigenvalue weighted by atomic mass is 35.5. The standard InChI is InChI=1S/C23H23ClN4O2/c1-2-21(29)26-12-14-27(15-13-26)23(30)20-16-28(19-6-4-3-5-7-19)25-22(20)17-8-10-18(24)11-9-17/h3-11,16H,2,12-15H2,1H3. The summed E-state index contributed by atoms with van der Waals surface area (Å²) < 4.78 is 1.73. The number of hydrogen-bond donors (Lipinski definition) is 0. The van der Waals surface area contributed by atoms with E-state index in [1.54, 1.807) is 27.9 Å². The molecule has 1 saturated heterocycles. The zero-order valence-electron chi connectivity index (χ0n) is 16.8. The van der Waals surface area contributed by atoms with E-state index in [4.69, 9.17) is 16.7 Å². The Bertz CT molecular complexity index is 1040. The molecule has 0 atom stereocenters. The van der Waals surface area contributed by atoms with Crippen molar-refractivity contribution >= 4 is 23.4 Å². The molecule has 4 rings (SSSR count). The Kier molecular flexibility index (Phi) is 5.86. The fourth-order valence-electron chi connectivity index (χ4n) is 3.62. The van der Waals surface area contributed by atoms with Crippen molar-refractivity contribution in [3.05, 3.63) is 71.4 Å². The lowest BCUT2D eigenvalue weighted by molar-refractivity contribution is -0.132. The zero-order valence-corrected chi connectivity index (χ0v) is 17.5. The molecule has 0 aliphatic carbocycles. The molecule has 0 saturated carbocycles. The first-order valence-electron chi connectivity index (χ1n) is 10.0. The molecule has 0 spiro atoms. The van der Waals surface area contributed by atoms with Crippen molar-refractivity contribution in [2.24, 2.45) is 0 Å². The van der Waals surface area contributed by atoms with E-state index < -0.39 is 0 Å². The van der Waals surface area contributed by atoms with Gasteiger partial charge in [0.2, 0.25) is 5.91 Å². The molecule has 2 aromatic carbocycles. The largest absolute Gasteiger partial charge is 0.339 e. The summed E-state index contributed by atoms with van der Waals surface area (Å²) in [6.45, 7) is 4.00. The molecule has 2 heterocycles. The predicted molar refractivity (Wildman–Crippen MR) is 117 cm³/mol. The van der Waals surface area contributed by atoms with Gasteiger partial charge in [-0.1, -0.05) is 48.9 Å². The number of benzene rings is 2. The average Bonchev–Trinajstić information content (AvgIpc) is 3.25. The monoisotopic (exact) mass is 422 g/mol. The van der Waals surface area contributed by atoms with Gasteiger partial charge in [-0.3, -0.25) is 9.59 Å². The molecule has 154 valence electrons. The molecule has 0 unspecified atom stereocenters. The van der Waals surface area contributed by atoms with Gasteiger partial charge >= 0.3 is 0 Å². The fourth-order valence-corrected chi connectivity index (χ4v) is 3.74. The maximum atomic E-state index is 13.4.